The number of anilines is 1. The summed E-state index contributed by atoms with van der Waals surface area (Å²) < 4.78 is 3.05. The van der Waals surface area contributed by atoms with Crippen LogP contribution in [0.3, 0.4) is 0 Å². The summed E-state index contributed by atoms with van der Waals surface area (Å²) in [6.07, 6.45) is 0. The molecule has 0 aliphatic rings. The molecule has 0 saturated carbocycles. The molecule has 1 rings (SSSR count). The zero-order chi connectivity index (χ0) is 12.3. The zero-order valence-electron chi connectivity index (χ0n) is 10.0. The van der Waals surface area contributed by atoms with Crippen molar-refractivity contribution < 1.29 is 4.79 Å². The van der Waals surface area contributed by atoms with Crippen molar-refractivity contribution in [2.45, 2.75) is 26.2 Å². The van der Waals surface area contributed by atoms with Gasteiger partial charge in [0.15, 0.2) is 0 Å². The highest BCUT2D eigenvalue weighted by atomic mass is 127. The lowest BCUT2D eigenvalue weighted by molar-refractivity contribution is 0.0963. The Morgan fingerprint density at radius 2 is 1.88 bits per heavy atom. The Kier molecular flexibility index (Phi) is 4.18. The number of amides is 1. The van der Waals surface area contributed by atoms with Crippen LogP contribution in [-0.2, 0) is 5.41 Å². The van der Waals surface area contributed by atoms with Crippen LogP contribution in [0.1, 0.15) is 36.7 Å². The molecule has 0 aromatic heterocycles. The second kappa shape index (κ2) is 5.03. The molecule has 0 spiro atoms. The van der Waals surface area contributed by atoms with Crippen LogP contribution < -0.4 is 8.85 Å². The van der Waals surface area contributed by atoms with E-state index in [0.717, 1.165) is 11.3 Å². The number of nitrogens with one attached hydrogen (secondary N) is 2. The molecular weight excluding hydrogens is 315 g/mol. The first-order valence-electron chi connectivity index (χ1n) is 5.13. The first-order valence-corrected chi connectivity index (χ1v) is 6.20. The number of carbonyl (C=O) groups excluding carboxylic acids is 1. The van der Waals surface area contributed by atoms with Crippen LogP contribution in [0.2, 0.25) is 0 Å². The molecular formula is C12H17IN2O. The third-order valence-electron chi connectivity index (χ3n) is 2.40. The molecule has 1 aromatic carbocycles. The third kappa shape index (κ3) is 3.10. The smallest absolute Gasteiger partial charge is 0.251 e. The quantitative estimate of drug-likeness (QED) is 0.645. The summed E-state index contributed by atoms with van der Waals surface area (Å²) in [6.45, 7) is 6.40. The summed E-state index contributed by atoms with van der Waals surface area (Å²) in [5.41, 5.74) is 2.82. The highest BCUT2D eigenvalue weighted by Gasteiger charge is 2.16. The Morgan fingerprint density at radius 3 is 2.31 bits per heavy atom. The van der Waals surface area contributed by atoms with Crippen LogP contribution in [0.25, 0.3) is 0 Å². The highest BCUT2D eigenvalue weighted by Crippen LogP contribution is 2.27. The van der Waals surface area contributed by atoms with Crippen molar-refractivity contribution in [3.05, 3.63) is 29.3 Å². The average Bonchev–Trinajstić information content (AvgIpc) is 2.26. The summed E-state index contributed by atoms with van der Waals surface area (Å²) in [6, 6.07) is 5.86. The van der Waals surface area contributed by atoms with Gasteiger partial charge in [0, 0.05) is 18.3 Å². The van der Waals surface area contributed by atoms with Crippen molar-refractivity contribution >= 4 is 34.5 Å². The second-order valence-electron chi connectivity index (χ2n) is 4.72. The van der Waals surface area contributed by atoms with E-state index in [4.69, 9.17) is 0 Å². The van der Waals surface area contributed by atoms with Crippen LogP contribution in [0, 0.1) is 0 Å². The van der Waals surface area contributed by atoms with Gasteiger partial charge in [-0.1, -0.05) is 20.8 Å². The van der Waals surface area contributed by atoms with Gasteiger partial charge in [-0.05, 0) is 29.2 Å². The number of carbonyl (C=O) groups is 1. The van der Waals surface area contributed by atoms with E-state index in [1.807, 2.05) is 12.1 Å². The first kappa shape index (κ1) is 13.3. The lowest BCUT2D eigenvalue weighted by atomic mass is 9.86. The minimum atomic E-state index is -0.0565. The molecule has 4 heteroatoms. The van der Waals surface area contributed by atoms with E-state index in [0.29, 0.717) is 5.56 Å². The largest absolute Gasteiger partial charge is 0.355 e. The Bertz CT molecular complexity index is 396. The number of hydrogen-bond acceptors (Lipinski definition) is 2. The maximum Gasteiger partial charge on any atom is 0.251 e. The van der Waals surface area contributed by atoms with Crippen molar-refractivity contribution in [3.63, 3.8) is 0 Å². The Labute approximate surface area is 111 Å². The van der Waals surface area contributed by atoms with E-state index in [1.54, 1.807) is 7.05 Å². The molecule has 1 aromatic rings. The zero-order valence-corrected chi connectivity index (χ0v) is 12.2. The number of halogens is 1. The Morgan fingerprint density at radius 1 is 1.25 bits per heavy atom. The number of benzene rings is 1. The van der Waals surface area contributed by atoms with Crippen molar-refractivity contribution in [2.24, 2.45) is 0 Å². The fraction of sp³-hybridized carbons (Fsp3) is 0.417. The molecule has 0 unspecified atom stereocenters. The van der Waals surface area contributed by atoms with Gasteiger partial charge in [0.1, 0.15) is 0 Å². The average molecular weight is 332 g/mol. The van der Waals surface area contributed by atoms with Gasteiger partial charge < -0.3 is 8.85 Å². The molecule has 3 nitrogen and oxygen atoms in total. The SMILES string of the molecule is CNC(=O)c1cc(NI)cc(C(C)(C)C)c1. The molecule has 0 fully saturated rings. The van der Waals surface area contributed by atoms with E-state index in [9.17, 15) is 4.79 Å². The van der Waals surface area contributed by atoms with E-state index in [-0.39, 0.29) is 11.3 Å². The molecule has 1 amide bonds. The summed E-state index contributed by atoms with van der Waals surface area (Å²) in [5.74, 6) is -0.0565. The normalized spacial score (nSPS) is 11.1. The molecule has 88 valence electrons. The summed E-state index contributed by atoms with van der Waals surface area (Å²) in [4.78, 5) is 11.6. The summed E-state index contributed by atoms with van der Waals surface area (Å²) >= 11 is 2.07. The van der Waals surface area contributed by atoms with Gasteiger partial charge >= 0.3 is 0 Å². The molecule has 0 heterocycles. The highest BCUT2D eigenvalue weighted by molar-refractivity contribution is 14.1. The Balaban J connectivity index is 3.27. The van der Waals surface area contributed by atoms with Crippen molar-refractivity contribution in [1.29, 1.82) is 0 Å². The second-order valence-corrected chi connectivity index (χ2v) is 5.26. The summed E-state index contributed by atoms with van der Waals surface area (Å²) in [7, 11) is 1.64. The molecule has 0 aliphatic carbocycles. The predicted molar refractivity (Wildman–Crippen MR) is 76.2 cm³/mol. The minimum Gasteiger partial charge on any atom is -0.355 e. The van der Waals surface area contributed by atoms with Crippen LogP contribution in [0.15, 0.2) is 18.2 Å². The van der Waals surface area contributed by atoms with Crippen molar-refractivity contribution in [3.8, 4) is 0 Å². The number of hydrogen-bond donors (Lipinski definition) is 2. The first-order chi connectivity index (χ1) is 7.38. The van der Waals surface area contributed by atoms with E-state index in [1.165, 1.54) is 0 Å². The molecule has 0 bridgehead atoms. The standard InChI is InChI=1S/C12H17IN2O/c1-12(2,3)9-5-8(11(16)14-4)6-10(7-9)15-13/h5-7,15H,1-4H3,(H,14,16). The van der Waals surface area contributed by atoms with Gasteiger partial charge in [-0.3, -0.25) is 4.79 Å². The van der Waals surface area contributed by atoms with Gasteiger partial charge in [0.2, 0.25) is 0 Å². The molecule has 2 N–H and O–H groups in total. The molecule has 0 atom stereocenters. The molecule has 0 radical (unpaired) electrons. The van der Waals surface area contributed by atoms with Gasteiger partial charge in [-0.25, -0.2) is 0 Å². The fourth-order valence-electron chi connectivity index (χ4n) is 1.39. The van der Waals surface area contributed by atoms with Gasteiger partial charge in [0.25, 0.3) is 5.91 Å². The van der Waals surface area contributed by atoms with Crippen molar-refractivity contribution in [2.75, 3.05) is 10.6 Å². The summed E-state index contributed by atoms with van der Waals surface area (Å²) in [5, 5.41) is 2.64. The van der Waals surface area contributed by atoms with Crippen LogP contribution >= 0.6 is 22.9 Å². The molecule has 0 saturated heterocycles. The van der Waals surface area contributed by atoms with E-state index < -0.39 is 0 Å². The Hall–Kier alpha value is -0.780. The topological polar surface area (TPSA) is 41.1 Å². The molecule has 0 aliphatic heterocycles. The van der Waals surface area contributed by atoms with Crippen LogP contribution in [0.5, 0.6) is 0 Å². The maximum absolute atomic E-state index is 11.6. The fourth-order valence-corrected chi connectivity index (χ4v) is 1.70. The third-order valence-corrected chi connectivity index (χ3v) is 3.02. The van der Waals surface area contributed by atoms with Crippen LogP contribution in [-0.4, -0.2) is 13.0 Å². The maximum atomic E-state index is 11.6. The van der Waals surface area contributed by atoms with Gasteiger partial charge in [-0.15, -0.1) is 0 Å². The van der Waals surface area contributed by atoms with Crippen molar-refractivity contribution in [1.82, 2.24) is 5.32 Å². The number of rotatable bonds is 2. The van der Waals surface area contributed by atoms with Crippen LogP contribution in [0.4, 0.5) is 5.69 Å². The minimum absolute atomic E-state index is 0.0340. The lowest BCUT2D eigenvalue weighted by Gasteiger charge is -2.20. The van der Waals surface area contributed by atoms with E-state index >= 15 is 0 Å². The molecule has 16 heavy (non-hydrogen) atoms. The van der Waals surface area contributed by atoms with Gasteiger partial charge in [0.05, 0.1) is 22.9 Å². The lowest BCUT2D eigenvalue weighted by Crippen LogP contribution is -2.19. The predicted octanol–water partition coefficient (Wildman–Crippen LogP) is 3.11. The van der Waals surface area contributed by atoms with Gasteiger partial charge in [-0.2, -0.15) is 0 Å². The van der Waals surface area contributed by atoms with E-state index in [2.05, 4.69) is 58.5 Å². The monoisotopic (exact) mass is 332 g/mol.